The van der Waals surface area contributed by atoms with Crippen LogP contribution in [0.5, 0.6) is 0 Å². The van der Waals surface area contributed by atoms with E-state index in [0.29, 0.717) is 22.4 Å². The van der Waals surface area contributed by atoms with Crippen molar-refractivity contribution >= 4 is 40.5 Å². The fraction of sp³-hybridized carbons (Fsp3) is 0.0333. The average molecular weight is 488 g/mol. The van der Waals surface area contributed by atoms with Crippen LogP contribution in [0.4, 0.5) is 5.69 Å². The van der Waals surface area contributed by atoms with E-state index in [1.165, 1.54) is 4.90 Å². The third-order valence-electron chi connectivity index (χ3n) is 6.16. The number of carbonyl (C=O) groups excluding carboxylic acids is 2. The molecule has 0 saturated heterocycles. The molecule has 3 heterocycles. The van der Waals surface area contributed by atoms with Gasteiger partial charge >= 0.3 is 0 Å². The van der Waals surface area contributed by atoms with Gasteiger partial charge in [-0.05, 0) is 65.9 Å². The molecule has 6 heteroatoms. The Morgan fingerprint density at radius 3 is 2.28 bits per heavy atom. The van der Waals surface area contributed by atoms with Gasteiger partial charge in [-0.1, -0.05) is 54.6 Å². The summed E-state index contributed by atoms with van der Waals surface area (Å²) in [5.74, 6) is -0.675. The van der Waals surface area contributed by atoms with Crippen molar-refractivity contribution in [3.05, 3.63) is 125 Å². The predicted octanol–water partition coefficient (Wildman–Crippen LogP) is 6.64. The van der Waals surface area contributed by atoms with Crippen LogP contribution >= 0.6 is 11.3 Å². The van der Waals surface area contributed by atoms with Gasteiger partial charge in [0.15, 0.2) is 0 Å². The van der Waals surface area contributed by atoms with E-state index in [-0.39, 0.29) is 11.8 Å². The summed E-state index contributed by atoms with van der Waals surface area (Å²) in [5.41, 5.74) is 5.62. The summed E-state index contributed by atoms with van der Waals surface area (Å²) < 4.78 is 1.82. The van der Waals surface area contributed by atoms with Crippen LogP contribution < -0.4 is 4.90 Å². The van der Waals surface area contributed by atoms with Crippen LogP contribution in [0.25, 0.3) is 27.9 Å². The lowest BCUT2D eigenvalue weighted by molar-refractivity contribution is -0.112. The average Bonchev–Trinajstić information content (AvgIpc) is 3.57. The lowest BCUT2D eigenvalue weighted by Crippen LogP contribution is -2.41. The topological polar surface area (TPSA) is 55.2 Å². The number of benzene rings is 3. The zero-order valence-corrected chi connectivity index (χ0v) is 20.3. The largest absolute Gasteiger partial charge is 0.268 e. The van der Waals surface area contributed by atoms with Crippen molar-refractivity contribution in [3.63, 3.8) is 0 Å². The molecule has 2 aromatic heterocycles. The Morgan fingerprint density at radius 1 is 0.778 bits per heavy atom. The molecule has 0 N–H and O–H groups in total. The molecular weight excluding hydrogens is 466 g/mol. The Kier molecular flexibility index (Phi) is 5.43. The highest BCUT2D eigenvalue weighted by atomic mass is 32.1. The highest BCUT2D eigenvalue weighted by Gasteiger charge is 2.36. The van der Waals surface area contributed by atoms with Crippen LogP contribution in [0, 0.1) is 6.92 Å². The van der Waals surface area contributed by atoms with E-state index < -0.39 is 0 Å². The normalized spacial score (nSPS) is 14.4. The number of hydrogen-bond acceptors (Lipinski definition) is 4. The van der Waals surface area contributed by atoms with E-state index in [4.69, 9.17) is 5.10 Å². The van der Waals surface area contributed by atoms with Gasteiger partial charge < -0.3 is 0 Å². The summed E-state index contributed by atoms with van der Waals surface area (Å²) in [5, 5.41) is 6.87. The van der Waals surface area contributed by atoms with Gasteiger partial charge in [0.1, 0.15) is 5.69 Å². The van der Waals surface area contributed by atoms with Crippen molar-refractivity contribution in [3.8, 4) is 16.3 Å². The van der Waals surface area contributed by atoms with Gasteiger partial charge in [0.25, 0.3) is 11.8 Å². The predicted molar refractivity (Wildman–Crippen MR) is 144 cm³/mol. The summed E-state index contributed by atoms with van der Waals surface area (Å²) in [4.78, 5) is 29.6. The van der Waals surface area contributed by atoms with E-state index in [1.54, 1.807) is 23.5 Å². The number of aromatic nitrogens is 2. The van der Waals surface area contributed by atoms with Crippen molar-refractivity contribution in [2.45, 2.75) is 6.92 Å². The Bertz CT molecular complexity index is 1630. The van der Waals surface area contributed by atoms with Crippen LogP contribution in [-0.2, 0) is 4.79 Å². The number of fused-ring (bicyclic) bond motifs is 1. The van der Waals surface area contributed by atoms with Crippen LogP contribution in [0.15, 0.2) is 103 Å². The molecule has 2 amide bonds. The van der Waals surface area contributed by atoms with E-state index in [1.807, 2.05) is 108 Å². The van der Waals surface area contributed by atoms with Gasteiger partial charge in [-0.3, -0.25) is 9.59 Å². The van der Waals surface area contributed by atoms with E-state index >= 15 is 0 Å². The molecule has 0 atom stereocenters. The maximum atomic E-state index is 13.9. The Hall–Kier alpha value is -4.55. The number of thiophene rings is 1. The first-order chi connectivity index (χ1) is 17.6. The molecule has 0 bridgehead atoms. The van der Waals surface area contributed by atoms with Gasteiger partial charge in [-0.15, -0.1) is 11.3 Å². The number of anilines is 1. The number of hydrogen-bond donors (Lipinski definition) is 0. The summed E-state index contributed by atoms with van der Waals surface area (Å²) in [6, 6.07) is 28.6. The quantitative estimate of drug-likeness (QED) is 0.211. The molecule has 0 radical (unpaired) electrons. The summed E-state index contributed by atoms with van der Waals surface area (Å²) in [7, 11) is 0. The van der Waals surface area contributed by atoms with E-state index in [2.05, 4.69) is 0 Å². The summed E-state index contributed by atoms with van der Waals surface area (Å²) in [6.45, 7) is 1.94. The van der Waals surface area contributed by atoms with Crippen LogP contribution in [0.3, 0.4) is 0 Å². The first-order valence-corrected chi connectivity index (χ1v) is 12.4. The number of aryl methyl sites for hydroxylation is 1. The van der Waals surface area contributed by atoms with Crippen molar-refractivity contribution in [2.75, 3.05) is 4.90 Å². The molecule has 0 aliphatic carbocycles. The van der Waals surface area contributed by atoms with Gasteiger partial charge in [0.05, 0.1) is 16.3 Å². The van der Waals surface area contributed by atoms with Gasteiger partial charge in [-0.25, -0.2) is 9.58 Å². The van der Waals surface area contributed by atoms with Crippen molar-refractivity contribution in [2.24, 2.45) is 0 Å². The van der Waals surface area contributed by atoms with Crippen molar-refractivity contribution in [1.29, 1.82) is 0 Å². The minimum atomic E-state index is -0.353. The Labute approximate surface area is 212 Å². The highest BCUT2D eigenvalue weighted by molar-refractivity contribution is 7.13. The summed E-state index contributed by atoms with van der Waals surface area (Å²) >= 11 is 1.59. The monoisotopic (exact) mass is 487 g/mol. The standard InChI is InChI=1S/C30H21N3O2S/c1-20-9-7-12-23(17-20)33-29(34)25-14-6-5-13-24(25)26(30(33)35)18-21-19-32(22-10-3-2-4-11-22)31-28(21)27-15-8-16-36-27/h2-19H,1H3. The minimum Gasteiger partial charge on any atom is -0.268 e. The van der Waals surface area contributed by atoms with Crippen LogP contribution in [-0.4, -0.2) is 21.6 Å². The van der Waals surface area contributed by atoms with Crippen molar-refractivity contribution in [1.82, 2.24) is 9.78 Å². The van der Waals surface area contributed by atoms with Gasteiger partial charge in [-0.2, -0.15) is 5.10 Å². The zero-order chi connectivity index (χ0) is 24.6. The molecule has 0 spiro atoms. The molecular formula is C30H21N3O2S. The second kappa shape index (κ2) is 8.91. The minimum absolute atomic E-state index is 0.322. The van der Waals surface area contributed by atoms with Crippen molar-refractivity contribution < 1.29 is 9.59 Å². The van der Waals surface area contributed by atoms with E-state index in [0.717, 1.165) is 27.4 Å². The van der Waals surface area contributed by atoms with Crippen LogP contribution in [0.1, 0.15) is 27.0 Å². The Morgan fingerprint density at radius 2 is 1.53 bits per heavy atom. The lowest BCUT2D eigenvalue weighted by atomic mass is 9.91. The number of nitrogens with zero attached hydrogens (tertiary/aromatic N) is 3. The third kappa shape index (κ3) is 3.78. The third-order valence-corrected chi connectivity index (χ3v) is 7.04. The highest BCUT2D eigenvalue weighted by Crippen LogP contribution is 2.36. The molecule has 0 unspecified atom stereocenters. The maximum Gasteiger partial charge on any atom is 0.265 e. The number of imide groups is 1. The second-order valence-electron chi connectivity index (χ2n) is 8.58. The molecule has 174 valence electrons. The zero-order valence-electron chi connectivity index (χ0n) is 19.5. The smallest absolute Gasteiger partial charge is 0.265 e. The fourth-order valence-electron chi connectivity index (χ4n) is 4.46. The van der Waals surface area contributed by atoms with Crippen LogP contribution in [0.2, 0.25) is 0 Å². The van der Waals surface area contributed by atoms with E-state index in [9.17, 15) is 9.59 Å². The molecule has 6 rings (SSSR count). The first kappa shape index (κ1) is 21.9. The van der Waals surface area contributed by atoms with Gasteiger partial charge in [0, 0.05) is 22.9 Å². The van der Waals surface area contributed by atoms with Gasteiger partial charge in [0.2, 0.25) is 0 Å². The number of rotatable bonds is 4. The molecule has 5 aromatic rings. The maximum absolute atomic E-state index is 13.9. The molecule has 0 saturated carbocycles. The molecule has 36 heavy (non-hydrogen) atoms. The SMILES string of the molecule is Cc1cccc(N2C(=O)C(=Cc3cn(-c4ccccc4)nc3-c3cccs3)c3ccccc3C2=O)c1. The molecule has 3 aromatic carbocycles. The lowest BCUT2D eigenvalue weighted by Gasteiger charge is -2.29. The Balaban J connectivity index is 1.55. The molecule has 1 aliphatic rings. The number of carbonyl (C=O) groups is 2. The number of amides is 2. The second-order valence-corrected chi connectivity index (χ2v) is 9.53. The molecule has 1 aliphatic heterocycles. The molecule has 0 fully saturated rings. The number of para-hydroxylation sites is 1. The molecule has 5 nitrogen and oxygen atoms in total. The fourth-order valence-corrected chi connectivity index (χ4v) is 5.19. The first-order valence-electron chi connectivity index (χ1n) is 11.6. The summed E-state index contributed by atoms with van der Waals surface area (Å²) in [6.07, 6.45) is 3.79.